The molecule has 0 spiro atoms. The van der Waals surface area contributed by atoms with E-state index in [4.69, 9.17) is 4.74 Å². The predicted octanol–water partition coefficient (Wildman–Crippen LogP) is 3.30. The van der Waals surface area contributed by atoms with Crippen LogP contribution in [0.1, 0.15) is 10.4 Å². The van der Waals surface area contributed by atoms with E-state index in [0.29, 0.717) is 20.9 Å². The summed E-state index contributed by atoms with van der Waals surface area (Å²) in [4.78, 5) is 30.0. The number of carbonyl (C=O) groups is 2. The van der Waals surface area contributed by atoms with Gasteiger partial charge in [-0.15, -0.1) is 0 Å². The van der Waals surface area contributed by atoms with Gasteiger partial charge in [0.25, 0.3) is 5.91 Å². The van der Waals surface area contributed by atoms with Gasteiger partial charge in [0.2, 0.25) is 0 Å². The van der Waals surface area contributed by atoms with E-state index in [1.165, 1.54) is 18.2 Å². The Morgan fingerprint density at radius 2 is 1.92 bits per heavy atom. The van der Waals surface area contributed by atoms with Crippen LogP contribution in [-0.4, -0.2) is 37.6 Å². The molecule has 0 aliphatic carbocycles. The normalized spacial score (nSPS) is 10.6. The van der Waals surface area contributed by atoms with E-state index in [1.54, 1.807) is 24.3 Å². The number of esters is 1. The molecule has 0 saturated heterocycles. The molecule has 3 aromatic rings. The van der Waals surface area contributed by atoms with Gasteiger partial charge in [0.15, 0.2) is 11.7 Å². The van der Waals surface area contributed by atoms with E-state index in [1.807, 2.05) is 19.0 Å². The summed E-state index contributed by atoms with van der Waals surface area (Å²) in [5.41, 5.74) is 1.90. The average Bonchev–Trinajstić information content (AvgIpc) is 3.00. The molecule has 0 bridgehead atoms. The van der Waals surface area contributed by atoms with Crippen LogP contribution in [0.2, 0.25) is 0 Å². The number of nitrogens with zero attached hydrogens (tertiary/aromatic N) is 2. The molecule has 0 fully saturated rings. The number of fused-ring (bicyclic) bond motifs is 1. The fourth-order valence-corrected chi connectivity index (χ4v) is 3.12. The predicted molar refractivity (Wildman–Crippen MR) is 99.3 cm³/mol. The van der Waals surface area contributed by atoms with Crippen molar-refractivity contribution >= 4 is 44.2 Å². The molecule has 0 unspecified atom stereocenters. The van der Waals surface area contributed by atoms with Crippen molar-refractivity contribution in [3.05, 3.63) is 53.8 Å². The van der Waals surface area contributed by atoms with Gasteiger partial charge in [0.1, 0.15) is 5.82 Å². The lowest BCUT2D eigenvalue weighted by molar-refractivity contribution is -0.119. The SMILES string of the molecule is CN(C)c1ccc(C(=O)OCC(=O)Nc2nc3ccc(F)cc3s2)cc1. The van der Waals surface area contributed by atoms with Crippen molar-refractivity contribution in [2.24, 2.45) is 0 Å². The maximum absolute atomic E-state index is 13.2. The molecule has 1 amide bonds. The van der Waals surface area contributed by atoms with Gasteiger partial charge in [-0.25, -0.2) is 14.2 Å². The van der Waals surface area contributed by atoms with Crippen molar-refractivity contribution in [1.29, 1.82) is 0 Å². The van der Waals surface area contributed by atoms with Gasteiger partial charge in [-0.2, -0.15) is 0 Å². The van der Waals surface area contributed by atoms with Gasteiger partial charge in [0.05, 0.1) is 15.8 Å². The van der Waals surface area contributed by atoms with Gasteiger partial charge in [-0.05, 0) is 42.5 Å². The minimum absolute atomic E-state index is 0.321. The molecule has 134 valence electrons. The molecule has 6 nitrogen and oxygen atoms in total. The third-order valence-corrected chi connectivity index (χ3v) is 4.48. The maximum Gasteiger partial charge on any atom is 0.338 e. The molecule has 2 aromatic carbocycles. The topological polar surface area (TPSA) is 71.5 Å². The summed E-state index contributed by atoms with van der Waals surface area (Å²) in [6.07, 6.45) is 0. The summed E-state index contributed by atoms with van der Waals surface area (Å²) in [5.74, 6) is -1.46. The second kappa shape index (κ2) is 7.49. The largest absolute Gasteiger partial charge is 0.452 e. The third-order valence-electron chi connectivity index (χ3n) is 3.55. The molecule has 8 heteroatoms. The van der Waals surface area contributed by atoms with Crippen LogP contribution in [0.4, 0.5) is 15.2 Å². The van der Waals surface area contributed by atoms with Gasteiger partial charge < -0.3 is 9.64 Å². The van der Waals surface area contributed by atoms with E-state index in [9.17, 15) is 14.0 Å². The molecule has 1 heterocycles. The van der Waals surface area contributed by atoms with Crippen LogP contribution in [0.3, 0.4) is 0 Å². The molecule has 0 atom stereocenters. The number of halogens is 1. The number of hydrogen-bond acceptors (Lipinski definition) is 6. The minimum atomic E-state index is -0.586. The lowest BCUT2D eigenvalue weighted by Crippen LogP contribution is -2.20. The first-order valence-electron chi connectivity index (χ1n) is 7.73. The number of amides is 1. The number of carbonyl (C=O) groups excluding carboxylic acids is 2. The minimum Gasteiger partial charge on any atom is -0.452 e. The number of aromatic nitrogens is 1. The van der Waals surface area contributed by atoms with Crippen LogP contribution in [-0.2, 0) is 9.53 Å². The third kappa shape index (κ3) is 4.15. The molecule has 0 saturated carbocycles. The van der Waals surface area contributed by atoms with E-state index < -0.39 is 18.5 Å². The smallest absolute Gasteiger partial charge is 0.338 e. The summed E-state index contributed by atoms with van der Waals surface area (Å²) >= 11 is 1.15. The molecular weight excluding hydrogens is 357 g/mol. The number of benzene rings is 2. The number of hydrogen-bond donors (Lipinski definition) is 1. The zero-order valence-electron chi connectivity index (χ0n) is 14.2. The van der Waals surface area contributed by atoms with Crippen molar-refractivity contribution < 1.29 is 18.7 Å². The number of nitrogens with one attached hydrogen (secondary N) is 1. The van der Waals surface area contributed by atoms with Gasteiger partial charge in [-0.1, -0.05) is 11.3 Å². The summed E-state index contributed by atoms with van der Waals surface area (Å²) in [5, 5.41) is 2.87. The first kappa shape index (κ1) is 17.8. The Bertz CT molecular complexity index is 954. The fourth-order valence-electron chi connectivity index (χ4n) is 2.22. The monoisotopic (exact) mass is 373 g/mol. The number of thiazole rings is 1. The Hall–Kier alpha value is -3.00. The van der Waals surface area contributed by atoms with Crippen molar-refractivity contribution in [2.45, 2.75) is 0 Å². The number of anilines is 2. The zero-order valence-corrected chi connectivity index (χ0v) is 15.0. The Morgan fingerprint density at radius 3 is 2.62 bits per heavy atom. The van der Waals surface area contributed by atoms with E-state index in [2.05, 4.69) is 10.3 Å². The van der Waals surface area contributed by atoms with Gasteiger partial charge in [-0.3, -0.25) is 10.1 Å². The Balaban J connectivity index is 1.56. The summed E-state index contributed by atoms with van der Waals surface area (Å²) in [6, 6.07) is 11.0. The summed E-state index contributed by atoms with van der Waals surface area (Å²) in [7, 11) is 3.79. The first-order chi connectivity index (χ1) is 12.4. The molecule has 3 rings (SSSR count). The lowest BCUT2D eigenvalue weighted by Gasteiger charge is -2.12. The van der Waals surface area contributed by atoms with Crippen molar-refractivity contribution in [2.75, 3.05) is 30.9 Å². The quantitative estimate of drug-likeness (QED) is 0.695. The average molecular weight is 373 g/mol. The molecule has 1 aromatic heterocycles. The summed E-state index contributed by atoms with van der Waals surface area (Å²) in [6.45, 7) is -0.432. The standard InChI is InChI=1S/C18H16FN3O3S/c1-22(2)13-6-3-11(4-7-13)17(24)25-10-16(23)21-18-20-14-8-5-12(19)9-15(14)26-18/h3-9H,10H2,1-2H3,(H,20,21,23). The van der Waals surface area contributed by atoms with Crippen LogP contribution in [0.15, 0.2) is 42.5 Å². The highest BCUT2D eigenvalue weighted by molar-refractivity contribution is 7.22. The fraction of sp³-hybridized carbons (Fsp3) is 0.167. The van der Waals surface area contributed by atoms with Crippen LogP contribution < -0.4 is 10.2 Å². The van der Waals surface area contributed by atoms with E-state index in [-0.39, 0.29) is 5.82 Å². The van der Waals surface area contributed by atoms with Crippen molar-refractivity contribution in [1.82, 2.24) is 4.98 Å². The second-order valence-corrected chi connectivity index (χ2v) is 6.73. The zero-order chi connectivity index (χ0) is 18.7. The van der Waals surface area contributed by atoms with Crippen molar-refractivity contribution in [3.8, 4) is 0 Å². The van der Waals surface area contributed by atoms with Gasteiger partial charge >= 0.3 is 5.97 Å². The molecule has 26 heavy (non-hydrogen) atoms. The summed E-state index contributed by atoms with van der Waals surface area (Å²) < 4.78 is 18.8. The van der Waals surface area contributed by atoms with Crippen molar-refractivity contribution in [3.63, 3.8) is 0 Å². The molecule has 0 radical (unpaired) electrons. The van der Waals surface area contributed by atoms with Crippen LogP contribution in [0.25, 0.3) is 10.2 Å². The van der Waals surface area contributed by atoms with Crippen LogP contribution in [0, 0.1) is 5.82 Å². The highest BCUT2D eigenvalue weighted by atomic mass is 32.1. The maximum atomic E-state index is 13.2. The lowest BCUT2D eigenvalue weighted by atomic mass is 10.2. The first-order valence-corrected chi connectivity index (χ1v) is 8.54. The van der Waals surface area contributed by atoms with Gasteiger partial charge in [0, 0.05) is 19.8 Å². The highest BCUT2D eigenvalue weighted by Gasteiger charge is 2.12. The Kier molecular flexibility index (Phi) is 5.13. The molecule has 0 aliphatic rings. The molecule has 1 N–H and O–H groups in total. The number of ether oxygens (including phenoxy) is 1. The van der Waals surface area contributed by atoms with Crippen LogP contribution in [0.5, 0.6) is 0 Å². The van der Waals surface area contributed by atoms with E-state index >= 15 is 0 Å². The van der Waals surface area contributed by atoms with Crippen LogP contribution >= 0.6 is 11.3 Å². The van der Waals surface area contributed by atoms with E-state index in [0.717, 1.165) is 17.0 Å². The molecule has 0 aliphatic heterocycles. The highest BCUT2D eigenvalue weighted by Crippen LogP contribution is 2.26. The molecular formula is C18H16FN3O3S. The number of rotatable bonds is 5. The Morgan fingerprint density at radius 1 is 1.19 bits per heavy atom. The Labute approximate surface area is 153 Å². The second-order valence-electron chi connectivity index (χ2n) is 5.70.